The Balaban J connectivity index is 1.80. The minimum atomic E-state index is 0.277. The zero-order chi connectivity index (χ0) is 17.6. The van der Waals surface area contributed by atoms with Crippen LogP contribution in [-0.2, 0) is 0 Å². The summed E-state index contributed by atoms with van der Waals surface area (Å²) in [6, 6.07) is 13.5. The van der Waals surface area contributed by atoms with Crippen LogP contribution in [0.15, 0.2) is 36.4 Å². The van der Waals surface area contributed by atoms with Crippen LogP contribution in [-0.4, -0.2) is 31.8 Å². The van der Waals surface area contributed by atoms with Gasteiger partial charge in [0.25, 0.3) is 0 Å². The molecule has 2 unspecified atom stereocenters. The van der Waals surface area contributed by atoms with Gasteiger partial charge in [0.05, 0.1) is 0 Å². The molecule has 2 aromatic rings. The molecule has 4 rings (SSSR count). The van der Waals surface area contributed by atoms with Crippen LogP contribution < -0.4 is 15.2 Å². The number of nitrogens with zero attached hydrogens (tertiary/aromatic N) is 1. The highest BCUT2D eigenvalue weighted by Gasteiger charge is 2.32. The molecule has 25 heavy (non-hydrogen) atoms. The minimum Gasteiger partial charge on any atom is -0.454 e. The van der Waals surface area contributed by atoms with Crippen molar-refractivity contribution in [1.82, 2.24) is 4.90 Å². The van der Waals surface area contributed by atoms with Crippen molar-refractivity contribution >= 4 is 0 Å². The highest BCUT2D eigenvalue weighted by Crippen LogP contribution is 2.42. The molecule has 0 saturated carbocycles. The van der Waals surface area contributed by atoms with Crippen LogP contribution >= 0.6 is 0 Å². The molecule has 2 N–H and O–H groups in total. The topological polar surface area (TPSA) is 47.7 Å². The van der Waals surface area contributed by atoms with Crippen LogP contribution in [0.5, 0.6) is 11.5 Å². The Labute approximate surface area is 149 Å². The molecule has 0 amide bonds. The van der Waals surface area contributed by atoms with Gasteiger partial charge in [-0.15, -0.1) is 0 Å². The van der Waals surface area contributed by atoms with Gasteiger partial charge in [0.15, 0.2) is 11.5 Å². The molecular formula is C21H26N2O2. The first-order valence-electron chi connectivity index (χ1n) is 9.02. The molecule has 0 spiro atoms. The van der Waals surface area contributed by atoms with Gasteiger partial charge in [0, 0.05) is 25.0 Å². The molecule has 2 aliphatic rings. The number of hydrogen-bond acceptors (Lipinski definition) is 4. The van der Waals surface area contributed by atoms with E-state index in [2.05, 4.69) is 56.1 Å². The van der Waals surface area contributed by atoms with Crippen LogP contribution in [0.3, 0.4) is 0 Å². The summed E-state index contributed by atoms with van der Waals surface area (Å²) in [5.41, 5.74) is 11.5. The first-order chi connectivity index (χ1) is 12.1. The lowest BCUT2D eigenvalue weighted by atomic mass is 9.80. The zero-order valence-corrected chi connectivity index (χ0v) is 15.2. The second kappa shape index (κ2) is 6.36. The van der Waals surface area contributed by atoms with Crippen LogP contribution in [0.4, 0.5) is 0 Å². The Bertz CT molecular complexity index is 787. The van der Waals surface area contributed by atoms with Crippen molar-refractivity contribution in [2.75, 3.05) is 26.9 Å². The van der Waals surface area contributed by atoms with E-state index >= 15 is 0 Å². The summed E-state index contributed by atoms with van der Waals surface area (Å²) in [5, 5.41) is 0. The number of benzene rings is 2. The van der Waals surface area contributed by atoms with Crippen molar-refractivity contribution in [3.8, 4) is 11.5 Å². The fourth-order valence-corrected chi connectivity index (χ4v) is 4.03. The van der Waals surface area contributed by atoms with E-state index in [0.717, 1.165) is 18.0 Å². The second-order valence-corrected chi connectivity index (χ2v) is 7.40. The molecule has 0 saturated heterocycles. The monoisotopic (exact) mass is 338 g/mol. The summed E-state index contributed by atoms with van der Waals surface area (Å²) in [6.07, 6.45) is 0. The SMILES string of the molecule is CC(C)c1ccc2c(c1)C(CN)N(C)CC2c1ccc2c(c1)OCO2. The van der Waals surface area contributed by atoms with E-state index < -0.39 is 0 Å². The average molecular weight is 338 g/mol. The summed E-state index contributed by atoms with van der Waals surface area (Å²) < 4.78 is 11.0. The molecule has 4 heteroatoms. The normalized spacial score (nSPS) is 22.3. The fourth-order valence-electron chi connectivity index (χ4n) is 4.03. The highest BCUT2D eigenvalue weighted by atomic mass is 16.7. The molecule has 0 aromatic heterocycles. The van der Waals surface area contributed by atoms with E-state index in [-0.39, 0.29) is 6.04 Å². The summed E-state index contributed by atoms with van der Waals surface area (Å²) in [6.45, 7) is 6.38. The standard InChI is InChI=1S/C21H26N2O2/c1-13(2)14-4-6-16-17(8-14)19(10-22)23(3)11-18(16)15-5-7-20-21(9-15)25-12-24-20/h4-9,13,18-19H,10-12,22H2,1-3H3. The van der Waals surface area contributed by atoms with Crippen molar-refractivity contribution in [2.45, 2.75) is 31.7 Å². The molecular weight excluding hydrogens is 312 g/mol. The maximum absolute atomic E-state index is 6.11. The van der Waals surface area contributed by atoms with Crippen molar-refractivity contribution in [3.05, 3.63) is 58.7 Å². The maximum atomic E-state index is 6.11. The lowest BCUT2D eigenvalue weighted by Gasteiger charge is -2.39. The molecule has 0 fully saturated rings. The zero-order valence-electron chi connectivity index (χ0n) is 15.2. The van der Waals surface area contributed by atoms with Gasteiger partial charge in [0.1, 0.15) is 0 Å². The lowest BCUT2D eigenvalue weighted by molar-refractivity contribution is 0.174. The number of hydrogen-bond donors (Lipinski definition) is 1. The maximum Gasteiger partial charge on any atom is 0.231 e. The third-order valence-electron chi connectivity index (χ3n) is 5.54. The van der Waals surface area contributed by atoms with E-state index in [0.29, 0.717) is 25.2 Å². The van der Waals surface area contributed by atoms with E-state index in [4.69, 9.17) is 15.2 Å². The Morgan fingerprint density at radius 1 is 1.08 bits per heavy atom. The Morgan fingerprint density at radius 3 is 2.64 bits per heavy atom. The van der Waals surface area contributed by atoms with Gasteiger partial charge in [-0.1, -0.05) is 38.1 Å². The molecule has 4 nitrogen and oxygen atoms in total. The highest BCUT2D eigenvalue weighted by molar-refractivity contribution is 5.50. The largest absolute Gasteiger partial charge is 0.454 e. The number of nitrogens with two attached hydrogens (primary N) is 1. The third-order valence-corrected chi connectivity index (χ3v) is 5.54. The van der Waals surface area contributed by atoms with Gasteiger partial charge in [-0.25, -0.2) is 0 Å². The molecule has 0 bridgehead atoms. The molecule has 0 radical (unpaired) electrons. The summed E-state index contributed by atoms with van der Waals surface area (Å²) in [7, 11) is 2.17. The molecule has 2 aliphatic heterocycles. The molecule has 0 aliphatic carbocycles. The summed E-state index contributed by atoms with van der Waals surface area (Å²) >= 11 is 0. The second-order valence-electron chi connectivity index (χ2n) is 7.40. The van der Waals surface area contributed by atoms with E-state index in [9.17, 15) is 0 Å². The van der Waals surface area contributed by atoms with Gasteiger partial charge < -0.3 is 15.2 Å². The number of ether oxygens (including phenoxy) is 2. The average Bonchev–Trinajstić information content (AvgIpc) is 3.08. The van der Waals surface area contributed by atoms with Gasteiger partial charge in [-0.05, 0) is 47.4 Å². The minimum absolute atomic E-state index is 0.277. The van der Waals surface area contributed by atoms with E-state index in [1.54, 1.807) is 0 Å². The van der Waals surface area contributed by atoms with E-state index in [1.165, 1.54) is 22.3 Å². The van der Waals surface area contributed by atoms with Gasteiger partial charge >= 0.3 is 0 Å². The summed E-state index contributed by atoms with van der Waals surface area (Å²) in [5.74, 6) is 2.52. The Hall–Kier alpha value is -2.04. The van der Waals surface area contributed by atoms with Crippen molar-refractivity contribution in [3.63, 3.8) is 0 Å². The molecule has 2 atom stereocenters. The predicted octanol–water partition coefficient (Wildman–Crippen LogP) is 3.62. The molecule has 132 valence electrons. The van der Waals surface area contributed by atoms with Gasteiger partial charge in [-0.2, -0.15) is 0 Å². The first kappa shape index (κ1) is 16.4. The number of likely N-dealkylation sites (N-methyl/N-ethyl adjacent to an activating group) is 1. The van der Waals surface area contributed by atoms with Gasteiger partial charge in [-0.3, -0.25) is 4.90 Å². The van der Waals surface area contributed by atoms with Crippen molar-refractivity contribution in [1.29, 1.82) is 0 Å². The predicted molar refractivity (Wildman–Crippen MR) is 99.4 cm³/mol. The van der Waals surface area contributed by atoms with Crippen molar-refractivity contribution in [2.24, 2.45) is 5.73 Å². The number of fused-ring (bicyclic) bond motifs is 2. The summed E-state index contributed by atoms with van der Waals surface area (Å²) in [4.78, 5) is 2.38. The van der Waals surface area contributed by atoms with Crippen LogP contribution in [0.1, 0.15) is 54.0 Å². The van der Waals surface area contributed by atoms with Crippen molar-refractivity contribution < 1.29 is 9.47 Å². The van der Waals surface area contributed by atoms with Crippen LogP contribution in [0.2, 0.25) is 0 Å². The lowest BCUT2D eigenvalue weighted by Crippen LogP contribution is -2.39. The smallest absolute Gasteiger partial charge is 0.231 e. The Morgan fingerprint density at radius 2 is 1.88 bits per heavy atom. The molecule has 2 aromatic carbocycles. The third kappa shape index (κ3) is 2.79. The van der Waals surface area contributed by atoms with Crippen LogP contribution in [0.25, 0.3) is 0 Å². The first-order valence-corrected chi connectivity index (χ1v) is 9.02. The fraction of sp³-hybridized carbons (Fsp3) is 0.429. The Kier molecular flexibility index (Phi) is 4.18. The van der Waals surface area contributed by atoms with Crippen LogP contribution in [0, 0.1) is 0 Å². The van der Waals surface area contributed by atoms with E-state index in [1.807, 2.05) is 6.07 Å². The molecule has 2 heterocycles. The number of rotatable bonds is 3. The van der Waals surface area contributed by atoms with Gasteiger partial charge in [0.2, 0.25) is 6.79 Å². The quantitative estimate of drug-likeness (QED) is 0.929.